The Morgan fingerprint density at radius 1 is 0.591 bits per heavy atom. The molecule has 7 aromatic rings. The van der Waals surface area contributed by atoms with Crippen molar-refractivity contribution in [1.82, 2.24) is 9.13 Å². The van der Waals surface area contributed by atoms with E-state index in [1.165, 1.54) is 27.2 Å². The lowest BCUT2D eigenvalue weighted by atomic mass is 9.96. The molecule has 206 valence electrons. The Morgan fingerprint density at radius 2 is 1.27 bits per heavy atom. The molecule has 0 fully saturated rings. The molecule has 8 rings (SSSR count). The molecular weight excluding hydrogens is 536 g/mol. The summed E-state index contributed by atoms with van der Waals surface area (Å²) in [5.74, 6) is 0. The SMILES string of the molecule is N#Cc1ccc(-c2cc(-c3ccc(C#N)cc3)cc(-n3c4ccccc4c4ccc5c(ccn5C5C=CC=CC5)c43)c2)cc1. The summed E-state index contributed by atoms with van der Waals surface area (Å²) in [5, 5.41) is 22.4. The van der Waals surface area contributed by atoms with Gasteiger partial charge in [0.25, 0.3) is 0 Å². The van der Waals surface area contributed by atoms with Crippen molar-refractivity contribution >= 4 is 32.7 Å². The lowest BCUT2D eigenvalue weighted by molar-refractivity contribution is 0.629. The van der Waals surface area contributed by atoms with Gasteiger partial charge in [0.1, 0.15) is 0 Å². The van der Waals surface area contributed by atoms with Crippen LogP contribution in [0.5, 0.6) is 0 Å². The molecule has 5 aromatic carbocycles. The minimum absolute atomic E-state index is 0.287. The maximum Gasteiger partial charge on any atom is 0.0991 e. The highest BCUT2D eigenvalue weighted by Crippen LogP contribution is 2.40. The van der Waals surface area contributed by atoms with Crippen molar-refractivity contribution in [3.05, 3.63) is 151 Å². The third kappa shape index (κ3) is 4.13. The molecule has 0 bridgehead atoms. The number of benzene rings is 5. The topological polar surface area (TPSA) is 57.4 Å². The first-order chi connectivity index (χ1) is 21.7. The molecule has 4 nitrogen and oxygen atoms in total. The van der Waals surface area contributed by atoms with Crippen molar-refractivity contribution in [2.45, 2.75) is 12.5 Å². The van der Waals surface area contributed by atoms with E-state index >= 15 is 0 Å². The quantitative estimate of drug-likeness (QED) is 0.214. The van der Waals surface area contributed by atoms with Gasteiger partial charge in [0.05, 0.1) is 45.9 Å². The third-order valence-corrected chi connectivity index (χ3v) is 8.72. The molecule has 1 atom stereocenters. The normalized spacial score (nSPS) is 14.3. The molecule has 0 N–H and O–H groups in total. The molecule has 1 aliphatic carbocycles. The molecule has 1 unspecified atom stereocenters. The molecule has 2 heterocycles. The minimum Gasteiger partial charge on any atom is -0.340 e. The van der Waals surface area contributed by atoms with Crippen LogP contribution in [-0.2, 0) is 0 Å². The van der Waals surface area contributed by atoms with Crippen LogP contribution in [0.15, 0.2) is 140 Å². The number of hydrogen-bond donors (Lipinski definition) is 0. The van der Waals surface area contributed by atoms with Gasteiger partial charge in [0.2, 0.25) is 0 Å². The van der Waals surface area contributed by atoms with Gasteiger partial charge in [0.15, 0.2) is 0 Å². The average molecular weight is 563 g/mol. The third-order valence-electron chi connectivity index (χ3n) is 8.72. The lowest BCUT2D eigenvalue weighted by Crippen LogP contribution is -2.05. The summed E-state index contributed by atoms with van der Waals surface area (Å²) >= 11 is 0. The summed E-state index contributed by atoms with van der Waals surface area (Å²) in [5.41, 5.74) is 10.0. The van der Waals surface area contributed by atoms with Crippen molar-refractivity contribution in [3.8, 4) is 40.1 Å². The smallest absolute Gasteiger partial charge is 0.0991 e. The maximum absolute atomic E-state index is 9.39. The Morgan fingerprint density at radius 3 is 1.91 bits per heavy atom. The zero-order valence-electron chi connectivity index (χ0n) is 23.9. The number of aromatic nitrogens is 2. The molecular formula is C40H26N4. The fourth-order valence-corrected chi connectivity index (χ4v) is 6.58. The van der Waals surface area contributed by atoms with Gasteiger partial charge in [-0.25, -0.2) is 0 Å². The molecule has 0 saturated carbocycles. The lowest BCUT2D eigenvalue weighted by Gasteiger charge is -2.17. The molecule has 0 amide bonds. The zero-order chi connectivity index (χ0) is 29.6. The first-order valence-corrected chi connectivity index (χ1v) is 14.7. The highest BCUT2D eigenvalue weighted by atomic mass is 15.0. The highest BCUT2D eigenvalue weighted by molar-refractivity contribution is 6.18. The molecule has 44 heavy (non-hydrogen) atoms. The summed E-state index contributed by atoms with van der Waals surface area (Å²) in [6.07, 6.45) is 11.9. The monoisotopic (exact) mass is 562 g/mol. The fraction of sp³-hybridized carbons (Fsp3) is 0.0500. The van der Waals surface area contributed by atoms with Crippen molar-refractivity contribution in [3.63, 3.8) is 0 Å². The Balaban J connectivity index is 1.42. The minimum atomic E-state index is 0.287. The summed E-state index contributed by atoms with van der Waals surface area (Å²) in [6.45, 7) is 0. The van der Waals surface area contributed by atoms with Gasteiger partial charge < -0.3 is 9.13 Å². The standard InChI is InChI=1S/C40H26N4/c41-25-27-10-14-29(15-11-27)31-22-32(30-16-12-28(26-42)13-17-30)24-34(23-31)44-39-9-5-4-8-35(39)36-18-19-38-37(40(36)44)20-21-43(38)33-6-2-1-3-7-33/h1-6,8-24,33H,7H2. The van der Waals surface area contributed by atoms with E-state index in [1.807, 2.05) is 48.5 Å². The predicted octanol–water partition coefficient (Wildman–Crippen LogP) is 9.87. The van der Waals surface area contributed by atoms with Gasteiger partial charge in [-0.2, -0.15) is 10.5 Å². The van der Waals surface area contributed by atoms with E-state index in [9.17, 15) is 10.5 Å². The van der Waals surface area contributed by atoms with Gasteiger partial charge >= 0.3 is 0 Å². The molecule has 0 radical (unpaired) electrons. The first-order valence-electron chi connectivity index (χ1n) is 14.7. The fourth-order valence-electron chi connectivity index (χ4n) is 6.58. The van der Waals surface area contributed by atoms with Crippen molar-refractivity contribution in [2.24, 2.45) is 0 Å². The number of fused-ring (bicyclic) bond motifs is 5. The van der Waals surface area contributed by atoms with Crippen LogP contribution in [0.4, 0.5) is 0 Å². The Bertz CT molecular complexity index is 2290. The van der Waals surface area contributed by atoms with Crippen LogP contribution < -0.4 is 0 Å². The van der Waals surface area contributed by atoms with E-state index in [0.29, 0.717) is 11.1 Å². The van der Waals surface area contributed by atoms with Crippen molar-refractivity contribution < 1.29 is 0 Å². The first kappa shape index (κ1) is 25.6. The van der Waals surface area contributed by atoms with Crippen molar-refractivity contribution in [2.75, 3.05) is 0 Å². The number of nitrogens with zero attached hydrogens (tertiary/aromatic N) is 4. The zero-order valence-corrected chi connectivity index (χ0v) is 23.9. The molecule has 2 aromatic heterocycles. The Hall–Kier alpha value is -6.10. The van der Waals surface area contributed by atoms with E-state index in [4.69, 9.17) is 0 Å². The van der Waals surface area contributed by atoms with Crippen LogP contribution in [-0.4, -0.2) is 9.13 Å². The average Bonchev–Trinajstić information content (AvgIpc) is 3.68. The second-order valence-electron chi connectivity index (χ2n) is 11.2. The van der Waals surface area contributed by atoms with E-state index in [-0.39, 0.29) is 6.04 Å². The highest BCUT2D eigenvalue weighted by Gasteiger charge is 2.19. The van der Waals surface area contributed by atoms with Crippen LogP contribution in [0.2, 0.25) is 0 Å². The van der Waals surface area contributed by atoms with E-state index in [2.05, 4.69) is 112 Å². The van der Waals surface area contributed by atoms with Gasteiger partial charge in [-0.15, -0.1) is 0 Å². The van der Waals surface area contributed by atoms with Crippen LogP contribution in [0.3, 0.4) is 0 Å². The molecule has 4 heteroatoms. The summed E-state index contributed by atoms with van der Waals surface area (Å²) in [6, 6.07) is 42.3. The van der Waals surface area contributed by atoms with Crippen LogP contribution >= 0.6 is 0 Å². The summed E-state index contributed by atoms with van der Waals surface area (Å²) < 4.78 is 4.78. The van der Waals surface area contributed by atoms with Gasteiger partial charge in [-0.1, -0.05) is 72.8 Å². The van der Waals surface area contributed by atoms with E-state index in [0.717, 1.165) is 39.9 Å². The van der Waals surface area contributed by atoms with E-state index < -0.39 is 0 Å². The Kier molecular flexibility index (Phi) is 6.00. The number of nitriles is 2. The predicted molar refractivity (Wildman–Crippen MR) is 179 cm³/mol. The maximum atomic E-state index is 9.39. The van der Waals surface area contributed by atoms with Crippen molar-refractivity contribution in [1.29, 1.82) is 10.5 Å². The summed E-state index contributed by atoms with van der Waals surface area (Å²) in [7, 11) is 0. The number of rotatable bonds is 4. The van der Waals surface area contributed by atoms with E-state index in [1.54, 1.807) is 0 Å². The number of para-hydroxylation sites is 1. The number of allylic oxidation sites excluding steroid dienone is 4. The van der Waals surface area contributed by atoms with Gasteiger partial charge in [-0.3, -0.25) is 0 Å². The van der Waals surface area contributed by atoms with Gasteiger partial charge in [-0.05, 0) is 89.3 Å². The molecule has 1 aliphatic rings. The van der Waals surface area contributed by atoms with Crippen LogP contribution in [0.1, 0.15) is 23.6 Å². The second-order valence-corrected chi connectivity index (χ2v) is 11.2. The Labute approximate surface area is 255 Å². The second kappa shape index (κ2) is 10.3. The largest absolute Gasteiger partial charge is 0.340 e. The molecule has 0 saturated heterocycles. The van der Waals surface area contributed by atoms with Crippen LogP contribution in [0.25, 0.3) is 60.6 Å². The summed E-state index contributed by atoms with van der Waals surface area (Å²) in [4.78, 5) is 0. The molecule has 0 aliphatic heterocycles. The number of hydrogen-bond acceptors (Lipinski definition) is 2. The van der Waals surface area contributed by atoms with Gasteiger partial charge in [0, 0.05) is 28.0 Å². The van der Waals surface area contributed by atoms with Crippen LogP contribution in [0, 0.1) is 22.7 Å². The molecule has 0 spiro atoms.